The number of ether oxygens (including phenoxy) is 2. The molecule has 2 saturated heterocycles. The predicted octanol–water partition coefficient (Wildman–Crippen LogP) is 7.49. The summed E-state index contributed by atoms with van der Waals surface area (Å²) in [6.07, 6.45) is 9.03. The van der Waals surface area contributed by atoms with Crippen molar-refractivity contribution in [3.05, 3.63) is 59.9 Å². The van der Waals surface area contributed by atoms with Crippen LogP contribution >= 0.6 is 0 Å². The molecule has 12 heteroatoms. The first kappa shape index (κ1) is 46.9. The Labute approximate surface area is 336 Å². The maximum atomic E-state index is 14.5. The molecular formula is C44H73FN6O5. The van der Waals surface area contributed by atoms with E-state index in [1.54, 1.807) is 31.4 Å². The molecule has 0 radical (unpaired) electrons. The molecule has 0 aliphatic carbocycles. The summed E-state index contributed by atoms with van der Waals surface area (Å²) < 4.78 is 25.7. The van der Waals surface area contributed by atoms with Crippen molar-refractivity contribution in [1.29, 1.82) is 0 Å². The second-order valence-electron chi connectivity index (χ2n) is 16.4. The third kappa shape index (κ3) is 15.5. The number of amides is 4. The minimum absolute atomic E-state index is 0.0331. The molecule has 2 aromatic carbocycles. The molecule has 0 unspecified atom stereocenters. The van der Waals surface area contributed by atoms with E-state index in [2.05, 4.69) is 49.0 Å². The van der Waals surface area contributed by atoms with E-state index in [0.29, 0.717) is 55.8 Å². The number of benzene rings is 2. The number of carbonyl (C=O) groups is 2. The lowest BCUT2D eigenvalue weighted by Crippen LogP contribution is -2.54. The molecule has 11 nitrogen and oxygen atoms in total. The van der Waals surface area contributed by atoms with E-state index < -0.39 is 11.4 Å². The number of halogens is 1. The highest BCUT2D eigenvalue weighted by atomic mass is 19.1. The van der Waals surface area contributed by atoms with Crippen LogP contribution in [0.5, 0.6) is 11.5 Å². The number of para-hydroxylation sites is 2. The highest BCUT2D eigenvalue weighted by molar-refractivity contribution is 5.75. The number of unbranched alkanes of at least 4 members (excludes halogenated alkanes) is 1. The quantitative estimate of drug-likeness (QED) is 0.0935. The van der Waals surface area contributed by atoms with Crippen molar-refractivity contribution >= 4 is 12.1 Å². The monoisotopic (exact) mass is 785 g/mol. The van der Waals surface area contributed by atoms with Crippen molar-refractivity contribution in [2.75, 3.05) is 67.1 Å². The molecule has 2 aromatic rings. The van der Waals surface area contributed by atoms with E-state index in [0.717, 1.165) is 71.0 Å². The largest absolute Gasteiger partial charge is 0.454 e. The summed E-state index contributed by atoms with van der Waals surface area (Å²) >= 11 is 0. The number of hydrogen-bond acceptors (Lipinski definition) is 7. The number of methoxy groups -OCH3 is 1. The van der Waals surface area contributed by atoms with Gasteiger partial charge in [0.15, 0.2) is 11.6 Å². The number of aliphatic hydroxyl groups is 1. The second-order valence-corrected chi connectivity index (χ2v) is 16.4. The number of likely N-dealkylation sites (N-methyl/N-ethyl adjacent to an activating group) is 2. The lowest BCUT2D eigenvalue weighted by Gasteiger charge is -2.43. The molecule has 5 N–H and O–H groups in total. The number of rotatable bonds is 19. The van der Waals surface area contributed by atoms with Gasteiger partial charge in [-0.05, 0) is 108 Å². The van der Waals surface area contributed by atoms with E-state index >= 15 is 0 Å². The van der Waals surface area contributed by atoms with E-state index in [1.807, 2.05) is 42.1 Å². The van der Waals surface area contributed by atoms with E-state index in [4.69, 9.17) is 9.47 Å². The smallest absolute Gasteiger partial charge is 0.317 e. The van der Waals surface area contributed by atoms with Crippen molar-refractivity contribution in [3.8, 4) is 11.5 Å². The lowest BCUT2D eigenvalue weighted by atomic mass is 9.73. The molecule has 2 heterocycles. The van der Waals surface area contributed by atoms with Gasteiger partial charge < -0.3 is 45.6 Å². The minimum Gasteiger partial charge on any atom is -0.454 e. The highest BCUT2D eigenvalue weighted by Gasteiger charge is 2.43. The lowest BCUT2D eigenvalue weighted by molar-refractivity contribution is -0.0575. The Morgan fingerprint density at radius 3 is 1.93 bits per heavy atom. The maximum absolute atomic E-state index is 14.5. The molecule has 0 aromatic heterocycles. The summed E-state index contributed by atoms with van der Waals surface area (Å²) in [4.78, 5) is 29.2. The van der Waals surface area contributed by atoms with Crippen LogP contribution in [0.25, 0.3) is 0 Å². The third-order valence-corrected chi connectivity index (χ3v) is 10.7. The Bertz CT molecular complexity index is 1430. The Morgan fingerprint density at radius 1 is 0.804 bits per heavy atom. The maximum Gasteiger partial charge on any atom is 0.317 e. The van der Waals surface area contributed by atoms with Gasteiger partial charge in [0.25, 0.3) is 0 Å². The van der Waals surface area contributed by atoms with Gasteiger partial charge in [0.2, 0.25) is 0 Å². The molecule has 316 valence electrons. The zero-order chi connectivity index (χ0) is 40.9. The zero-order valence-corrected chi connectivity index (χ0v) is 35.4. The summed E-state index contributed by atoms with van der Waals surface area (Å²) in [5.74, 6) is 0.920. The Morgan fingerprint density at radius 2 is 1.36 bits per heavy atom. The number of likely N-dealkylation sites (tertiary alicyclic amines) is 2. The van der Waals surface area contributed by atoms with Gasteiger partial charge in [-0.25, -0.2) is 14.0 Å². The molecule has 4 atom stereocenters. The molecule has 0 bridgehead atoms. The van der Waals surface area contributed by atoms with Crippen molar-refractivity contribution in [2.24, 2.45) is 17.8 Å². The average molecular weight is 785 g/mol. The Balaban J connectivity index is 0.000000413. The Hall–Kier alpha value is -3.45. The van der Waals surface area contributed by atoms with Gasteiger partial charge in [0.05, 0.1) is 5.60 Å². The predicted molar refractivity (Wildman–Crippen MR) is 224 cm³/mol. The summed E-state index contributed by atoms with van der Waals surface area (Å²) in [6.45, 7) is 13.7. The number of carbonyl (C=O) groups excluding carboxylic acids is 2. The van der Waals surface area contributed by atoms with Crippen molar-refractivity contribution in [2.45, 2.75) is 110 Å². The van der Waals surface area contributed by atoms with Crippen LogP contribution in [0, 0.1) is 23.6 Å². The van der Waals surface area contributed by atoms with Gasteiger partial charge >= 0.3 is 12.1 Å². The normalized spacial score (nSPS) is 18.1. The minimum atomic E-state index is -1.27. The first-order valence-electron chi connectivity index (χ1n) is 21.0. The van der Waals surface area contributed by atoms with E-state index in [9.17, 15) is 19.1 Å². The van der Waals surface area contributed by atoms with Gasteiger partial charge in [-0.2, -0.15) is 0 Å². The summed E-state index contributed by atoms with van der Waals surface area (Å²) in [5, 5.41) is 25.1. The first-order chi connectivity index (χ1) is 26.9. The number of nitrogens with one attached hydrogen (secondary N) is 4. The molecule has 2 aliphatic heterocycles. The van der Waals surface area contributed by atoms with Crippen LogP contribution in [0.3, 0.4) is 0 Å². The standard InChI is InChI=1S/C31H46FN3O4.C13H27N3O/c1-23(2)20-25(21-33-3)34-30(36)35-18-11-12-24(22-35)31(37,17-9-10-19-38-4)26-13-5-7-15-28(26)39-29-16-8-6-14-27(29)32;1-11(2)9-12(10-14-3)15-13(17)16-7-5-4-6-8-16/h5-8,13-16,23-25,33,37H,9-12,17-22H2,1-4H3,(H,34,36);11-12,14H,4-10H2,1-3H3,(H,15,17)/t24-,25+,31-;12-/m10/s1. The van der Waals surface area contributed by atoms with E-state index in [1.165, 1.54) is 12.5 Å². The van der Waals surface area contributed by atoms with Crippen LogP contribution < -0.4 is 26.0 Å². The van der Waals surface area contributed by atoms with Gasteiger partial charge in [-0.15, -0.1) is 0 Å². The fourth-order valence-electron chi connectivity index (χ4n) is 7.96. The molecule has 56 heavy (non-hydrogen) atoms. The third-order valence-electron chi connectivity index (χ3n) is 10.7. The molecular weight excluding hydrogens is 712 g/mol. The molecule has 4 amide bonds. The van der Waals surface area contributed by atoms with E-state index in [-0.39, 0.29) is 35.8 Å². The summed E-state index contributed by atoms with van der Waals surface area (Å²) in [7, 11) is 5.49. The van der Waals surface area contributed by atoms with Crippen molar-refractivity contribution in [1.82, 2.24) is 31.1 Å². The fourth-order valence-corrected chi connectivity index (χ4v) is 7.96. The summed E-state index contributed by atoms with van der Waals surface area (Å²) in [5.41, 5.74) is -0.651. The number of urea groups is 2. The number of hydrogen-bond donors (Lipinski definition) is 5. The highest BCUT2D eigenvalue weighted by Crippen LogP contribution is 2.44. The Kier molecular flexibility index (Phi) is 21.0. The van der Waals surface area contributed by atoms with Crippen LogP contribution in [-0.2, 0) is 10.3 Å². The van der Waals surface area contributed by atoms with Gasteiger partial charge in [-0.3, -0.25) is 0 Å². The molecule has 0 saturated carbocycles. The summed E-state index contributed by atoms with van der Waals surface area (Å²) in [6, 6.07) is 13.9. The molecule has 2 fully saturated rings. The fraction of sp³-hybridized carbons (Fsp3) is 0.682. The average Bonchev–Trinajstić information content (AvgIpc) is 3.18. The van der Waals surface area contributed by atoms with Crippen molar-refractivity contribution in [3.63, 3.8) is 0 Å². The number of piperidine rings is 2. The van der Waals surface area contributed by atoms with Gasteiger partial charge in [0, 0.05) is 76.6 Å². The topological polar surface area (TPSA) is 127 Å². The van der Waals surface area contributed by atoms with Crippen LogP contribution in [0.4, 0.5) is 14.0 Å². The molecule has 4 rings (SSSR count). The zero-order valence-electron chi connectivity index (χ0n) is 35.4. The van der Waals surface area contributed by atoms with Crippen LogP contribution in [0.15, 0.2) is 48.5 Å². The molecule has 0 spiro atoms. The van der Waals surface area contributed by atoms with Gasteiger partial charge in [0.1, 0.15) is 5.75 Å². The number of nitrogens with zero attached hydrogens (tertiary/aromatic N) is 2. The second kappa shape index (κ2) is 25.0. The van der Waals surface area contributed by atoms with Crippen LogP contribution in [0.1, 0.15) is 97.5 Å². The SMILES string of the molecule is CNC[C@H](CC(C)C)NC(=O)N1CCCCC1.CNC[C@H](CC(C)C)NC(=O)N1CCC[C@@H]([C@](O)(CCCCOC)c2ccccc2Oc2ccccc2F)C1. The van der Waals surface area contributed by atoms with Crippen LogP contribution in [0.2, 0.25) is 0 Å². The van der Waals surface area contributed by atoms with Crippen LogP contribution in [-0.4, -0.2) is 106 Å². The first-order valence-corrected chi connectivity index (χ1v) is 21.0. The van der Waals surface area contributed by atoms with Gasteiger partial charge in [-0.1, -0.05) is 58.0 Å². The van der Waals surface area contributed by atoms with Crippen molar-refractivity contribution < 1.29 is 28.6 Å². The molecule has 2 aliphatic rings.